The van der Waals surface area contributed by atoms with Crippen LogP contribution in [-0.4, -0.2) is 25.2 Å². The maximum absolute atomic E-state index is 13.3. The van der Waals surface area contributed by atoms with Crippen molar-refractivity contribution in [1.29, 1.82) is 0 Å². The second kappa shape index (κ2) is 9.62. The molecule has 0 aliphatic heterocycles. The second-order valence-electron chi connectivity index (χ2n) is 6.72. The Morgan fingerprint density at radius 3 is 2.30 bits per heavy atom. The van der Waals surface area contributed by atoms with E-state index in [1.54, 1.807) is 36.4 Å². The van der Waals surface area contributed by atoms with Gasteiger partial charge in [0.15, 0.2) is 0 Å². The Kier molecular flexibility index (Phi) is 7.15. The van der Waals surface area contributed by atoms with Crippen molar-refractivity contribution in [3.05, 3.63) is 94.0 Å². The molecule has 0 aliphatic rings. The summed E-state index contributed by atoms with van der Waals surface area (Å²) in [6.45, 7) is 1.50. The maximum Gasteiger partial charge on any atom is 0.243 e. The van der Waals surface area contributed by atoms with Crippen LogP contribution >= 0.6 is 23.2 Å². The van der Waals surface area contributed by atoms with Crippen molar-refractivity contribution in [2.75, 3.05) is 11.9 Å². The van der Waals surface area contributed by atoms with Crippen LogP contribution in [-0.2, 0) is 21.4 Å². The number of sulfonamides is 1. The fraction of sp³-hybridized carbons (Fsp3) is 0.136. The van der Waals surface area contributed by atoms with E-state index < -0.39 is 15.9 Å². The van der Waals surface area contributed by atoms with E-state index in [1.807, 2.05) is 19.1 Å². The van der Waals surface area contributed by atoms with E-state index in [9.17, 15) is 13.2 Å². The minimum absolute atomic E-state index is 0.00723. The lowest BCUT2D eigenvalue weighted by atomic mass is 10.2. The minimum atomic E-state index is -3.96. The largest absolute Gasteiger partial charge is 0.325 e. The molecule has 0 atom stereocenters. The Hall–Kier alpha value is -2.38. The number of rotatable bonds is 7. The van der Waals surface area contributed by atoms with E-state index in [4.69, 9.17) is 23.2 Å². The Balaban J connectivity index is 1.89. The Labute approximate surface area is 186 Å². The molecular weight excluding hydrogens is 443 g/mol. The Bertz CT molecular complexity index is 1150. The summed E-state index contributed by atoms with van der Waals surface area (Å²) in [7, 11) is -3.96. The highest BCUT2D eigenvalue weighted by Gasteiger charge is 2.27. The highest BCUT2D eigenvalue weighted by atomic mass is 35.5. The molecular formula is C22H20Cl2N2O3S. The molecule has 0 aromatic heterocycles. The first-order valence-corrected chi connectivity index (χ1v) is 11.3. The predicted octanol–water partition coefficient (Wildman–Crippen LogP) is 5.13. The summed E-state index contributed by atoms with van der Waals surface area (Å²) in [6, 6.07) is 20.0. The van der Waals surface area contributed by atoms with Crippen molar-refractivity contribution >= 4 is 44.8 Å². The van der Waals surface area contributed by atoms with E-state index in [-0.39, 0.29) is 18.0 Å². The SMILES string of the molecule is Cc1ccccc1NC(=O)CN(Cc1cccc(Cl)c1)S(=O)(=O)c1ccc(Cl)cc1. The van der Waals surface area contributed by atoms with Crippen LogP contribution < -0.4 is 5.32 Å². The molecule has 0 bridgehead atoms. The first-order chi connectivity index (χ1) is 14.3. The molecule has 3 rings (SSSR count). The van der Waals surface area contributed by atoms with E-state index in [0.29, 0.717) is 21.3 Å². The molecule has 0 aliphatic carbocycles. The number of benzene rings is 3. The number of amides is 1. The smallest absolute Gasteiger partial charge is 0.243 e. The summed E-state index contributed by atoms with van der Waals surface area (Å²) in [5.74, 6) is -0.441. The molecule has 0 saturated carbocycles. The van der Waals surface area contributed by atoms with Crippen LogP contribution in [0.25, 0.3) is 0 Å². The van der Waals surface area contributed by atoms with Crippen LogP contribution in [0, 0.1) is 6.92 Å². The number of hydrogen-bond donors (Lipinski definition) is 1. The van der Waals surface area contributed by atoms with E-state index in [2.05, 4.69) is 5.32 Å². The quantitative estimate of drug-likeness (QED) is 0.528. The van der Waals surface area contributed by atoms with Gasteiger partial charge in [0.25, 0.3) is 0 Å². The molecule has 1 amide bonds. The summed E-state index contributed by atoms with van der Waals surface area (Å²) in [4.78, 5) is 12.8. The van der Waals surface area contributed by atoms with Gasteiger partial charge in [-0.15, -0.1) is 0 Å². The number of nitrogens with one attached hydrogen (secondary N) is 1. The fourth-order valence-corrected chi connectivity index (χ4v) is 4.61. The third-order valence-corrected chi connectivity index (χ3v) is 6.73. The van der Waals surface area contributed by atoms with Gasteiger partial charge in [0.1, 0.15) is 0 Å². The van der Waals surface area contributed by atoms with E-state index in [1.165, 1.54) is 24.3 Å². The highest BCUT2D eigenvalue weighted by Crippen LogP contribution is 2.22. The molecule has 1 N–H and O–H groups in total. The molecule has 0 fully saturated rings. The summed E-state index contributed by atoms with van der Waals surface area (Å²) < 4.78 is 27.6. The zero-order chi connectivity index (χ0) is 21.7. The van der Waals surface area contributed by atoms with Crippen LogP contribution in [0.4, 0.5) is 5.69 Å². The second-order valence-corrected chi connectivity index (χ2v) is 9.53. The van der Waals surface area contributed by atoms with Crippen LogP contribution in [0.5, 0.6) is 0 Å². The van der Waals surface area contributed by atoms with Gasteiger partial charge >= 0.3 is 0 Å². The third kappa shape index (κ3) is 5.61. The summed E-state index contributed by atoms with van der Waals surface area (Å²) in [5.41, 5.74) is 2.19. The number of carbonyl (C=O) groups is 1. The average Bonchev–Trinajstić information content (AvgIpc) is 2.69. The molecule has 8 heteroatoms. The first kappa shape index (κ1) is 22.3. The number of nitrogens with zero attached hydrogens (tertiary/aromatic N) is 1. The van der Waals surface area contributed by atoms with Gasteiger partial charge in [-0.3, -0.25) is 4.79 Å². The third-order valence-electron chi connectivity index (χ3n) is 4.44. The lowest BCUT2D eigenvalue weighted by Crippen LogP contribution is -2.37. The van der Waals surface area contributed by atoms with Gasteiger partial charge in [0.2, 0.25) is 15.9 Å². The van der Waals surface area contributed by atoms with Crippen molar-refractivity contribution in [3.63, 3.8) is 0 Å². The zero-order valence-electron chi connectivity index (χ0n) is 16.2. The first-order valence-electron chi connectivity index (χ1n) is 9.11. The average molecular weight is 463 g/mol. The Morgan fingerprint density at radius 2 is 1.63 bits per heavy atom. The molecule has 5 nitrogen and oxygen atoms in total. The van der Waals surface area contributed by atoms with E-state index in [0.717, 1.165) is 9.87 Å². The molecule has 0 heterocycles. The van der Waals surface area contributed by atoms with Crippen molar-refractivity contribution in [2.24, 2.45) is 0 Å². The highest BCUT2D eigenvalue weighted by molar-refractivity contribution is 7.89. The molecule has 0 unspecified atom stereocenters. The summed E-state index contributed by atoms with van der Waals surface area (Å²) in [5, 5.41) is 3.69. The number of carbonyl (C=O) groups excluding carboxylic acids is 1. The van der Waals surface area contributed by atoms with Crippen molar-refractivity contribution < 1.29 is 13.2 Å². The number of anilines is 1. The van der Waals surface area contributed by atoms with Gasteiger partial charge in [-0.05, 0) is 60.5 Å². The fourth-order valence-electron chi connectivity index (χ4n) is 2.88. The molecule has 0 radical (unpaired) electrons. The van der Waals surface area contributed by atoms with Crippen LogP contribution in [0.2, 0.25) is 10.0 Å². The number of hydrogen-bond acceptors (Lipinski definition) is 3. The van der Waals surface area contributed by atoms with Crippen LogP contribution in [0.1, 0.15) is 11.1 Å². The number of para-hydroxylation sites is 1. The topological polar surface area (TPSA) is 66.5 Å². The number of halogens is 2. The van der Waals surface area contributed by atoms with Crippen molar-refractivity contribution in [3.8, 4) is 0 Å². The van der Waals surface area contributed by atoms with Gasteiger partial charge < -0.3 is 5.32 Å². The molecule has 3 aromatic rings. The van der Waals surface area contributed by atoms with Gasteiger partial charge in [-0.25, -0.2) is 8.42 Å². The van der Waals surface area contributed by atoms with Gasteiger partial charge in [0, 0.05) is 22.3 Å². The van der Waals surface area contributed by atoms with Crippen LogP contribution in [0.15, 0.2) is 77.7 Å². The van der Waals surface area contributed by atoms with Crippen LogP contribution in [0.3, 0.4) is 0 Å². The normalized spacial score (nSPS) is 11.5. The van der Waals surface area contributed by atoms with Gasteiger partial charge in [-0.2, -0.15) is 4.31 Å². The predicted molar refractivity (Wildman–Crippen MR) is 120 cm³/mol. The van der Waals surface area contributed by atoms with Crippen molar-refractivity contribution in [1.82, 2.24) is 4.31 Å². The molecule has 0 saturated heterocycles. The number of aryl methyl sites for hydroxylation is 1. The molecule has 30 heavy (non-hydrogen) atoms. The molecule has 3 aromatic carbocycles. The monoisotopic (exact) mass is 462 g/mol. The lowest BCUT2D eigenvalue weighted by molar-refractivity contribution is -0.116. The summed E-state index contributed by atoms with van der Waals surface area (Å²) in [6.07, 6.45) is 0. The van der Waals surface area contributed by atoms with Gasteiger partial charge in [0.05, 0.1) is 11.4 Å². The maximum atomic E-state index is 13.3. The standard InChI is InChI=1S/C22H20Cl2N2O3S/c1-16-5-2-3-8-21(16)25-22(27)15-26(14-17-6-4-7-19(24)13-17)30(28,29)20-11-9-18(23)10-12-20/h2-13H,14-15H2,1H3,(H,25,27). The van der Waals surface area contributed by atoms with Crippen molar-refractivity contribution in [2.45, 2.75) is 18.4 Å². The zero-order valence-corrected chi connectivity index (χ0v) is 18.5. The summed E-state index contributed by atoms with van der Waals surface area (Å²) >= 11 is 11.9. The van der Waals surface area contributed by atoms with Gasteiger partial charge in [-0.1, -0.05) is 53.5 Å². The molecule has 156 valence electrons. The minimum Gasteiger partial charge on any atom is -0.325 e. The lowest BCUT2D eigenvalue weighted by Gasteiger charge is -2.22. The molecule has 0 spiro atoms. The van der Waals surface area contributed by atoms with E-state index >= 15 is 0 Å². The Morgan fingerprint density at radius 1 is 0.933 bits per heavy atom.